The van der Waals surface area contributed by atoms with E-state index in [0.29, 0.717) is 24.0 Å². The monoisotopic (exact) mass is 520 g/mol. The SMILES string of the molecule is [2H]C([2H])([2H])C([2H])([2H])c1cc(/C(C)=N/OCc2ccc(C3([2H])C([2H])([2H])C([2H])([2H])C([2H])(C)C([2H])([2H])C3([2H])[2H])c(C(F)(F)F)c2)ccc1CN1C([2H])([2H])C([2H])(C)C1([2H])[2H]. The van der Waals surface area contributed by atoms with E-state index < -0.39 is 105 Å². The summed E-state index contributed by atoms with van der Waals surface area (Å²) in [5, 5.41) is 3.82. The Bertz CT molecular complexity index is 1860. The van der Waals surface area contributed by atoms with Crippen molar-refractivity contribution in [3.63, 3.8) is 0 Å². The third-order valence-electron chi connectivity index (χ3n) is 5.44. The van der Waals surface area contributed by atoms with Gasteiger partial charge in [-0.3, -0.25) is 4.90 Å². The minimum Gasteiger partial charge on any atom is -0.391 e. The lowest BCUT2D eigenvalue weighted by Crippen LogP contribution is -2.44. The molecule has 2 aromatic carbocycles. The van der Waals surface area contributed by atoms with Crippen molar-refractivity contribution in [3.8, 4) is 0 Å². The van der Waals surface area contributed by atoms with Crippen molar-refractivity contribution in [2.45, 2.75) is 84.7 Å². The van der Waals surface area contributed by atoms with Crippen LogP contribution in [0.5, 0.6) is 0 Å². The minimum atomic E-state index is -5.43. The van der Waals surface area contributed by atoms with Crippen molar-refractivity contribution in [1.29, 1.82) is 0 Å². The van der Waals surface area contributed by atoms with Crippen LogP contribution in [0.3, 0.4) is 0 Å². The highest BCUT2D eigenvalue weighted by Gasteiger charge is 2.36. The highest BCUT2D eigenvalue weighted by atomic mass is 19.4. The molecule has 6 heteroatoms. The lowest BCUT2D eigenvalue weighted by Gasteiger charge is -2.37. The van der Waals surface area contributed by atoms with Gasteiger partial charge in [0.15, 0.2) is 0 Å². The van der Waals surface area contributed by atoms with E-state index in [1.54, 1.807) is 0 Å². The summed E-state index contributed by atoms with van der Waals surface area (Å²) in [7, 11) is 0. The van der Waals surface area contributed by atoms with Crippen molar-refractivity contribution in [3.05, 3.63) is 69.8 Å². The molecule has 0 aromatic heterocycles. The van der Waals surface area contributed by atoms with E-state index in [0.717, 1.165) is 19.1 Å². The zero-order valence-corrected chi connectivity index (χ0v) is 19.8. The summed E-state index contributed by atoms with van der Waals surface area (Å²) >= 11 is 0. The molecule has 2 aliphatic rings. The number of benzene rings is 2. The average molecular weight is 521 g/mol. The number of rotatable bonds is 8. The predicted molar refractivity (Wildman–Crippen MR) is 139 cm³/mol. The van der Waals surface area contributed by atoms with Crippen LogP contribution in [0.2, 0.25) is 0 Å². The molecule has 196 valence electrons. The molecule has 2 fully saturated rings. The number of halogens is 3. The van der Waals surface area contributed by atoms with E-state index in [-0.39, 0.29) is 22.4 Å². The number of hydrogen-bond donors (Lipinski definition) is 0. The van der Waals surface area contributed by atoms with Crippen molar-refractivity contribution in [1.82, 2.24) is 4.90 Å². The Kier molecular flexibility index (Phi) is 3.53. The van der Waals surface area contributed by atoms with Crippen LogP contribution in [-0.4, -0.2) is 23.6 Å². The zero-order chi connectivity index (χ0) is 43.7. The fourth-order valence-corrected chi connectivity index (χ4v) is 3.61. The summed E-state index contributed by atoms with van der Waals surface area (Å²) in [6.07, 6.45) is -23.7. The summed E-state index contributed by atoms with van der Waals surface area (Å²) < 4.78 is 209. The molecule has 1 aliphatic carbocycles. The third kappa shape index (κ3) is 6.50. The summed E-state index contributed by atoms with van der Waals surface area (Å²) in [6, 6.07) is 5.33. The first-order valence-electron chi connectivity index (χ1n) is 21.0. The number of hydrogen-bond acceptors (Lipinski definition) is 3. The lowest BCUT2D eigenvalue weighted by atomic mass is 9.78. The number of alkyl halides is 3. The van der Waals surface area contributed by atoms with Gasteiger partial charge in [-0.05, 0) is 83.7 Å². The van der Waals surface area contributed by atoms with Crippen molar-refractivity contribution >= 4 is 5.71 Å². The topological polar surface area (TPSA) is 24.8 Å². The van der Waals surface area contributed by atoms with E-state index in [2.05, 4.69) is 5.16 Å². The van der Waals surface area contributed by atoms with Gasteiger partial charge < -0.3 is 4.84 Å². The fraction of sp³-hybridized carbons (Fsp3) is 0.567. The molecule has 1 heterocycles. The molecule has 36 heavy (non-hydrogen) atoms. The third-order valence-corrected chi connectivity index (χ3v) is 5.44. The standard InChI is InChI=1S/C30H39F3N2O/c1-5-24-15-26(11-12-27(24)18-35-16-21(3)17-35)22(4)34-36-19-23-8-13-28(29(14-23)30(31,32)33)25-9-6-20(2)7-10-25/h8,11-15,20-21,25H,5-7,9-10,16-19H2,1-4H3/b34-22+/i1D3,5D2,6D2,7D2,9D2,10D2,16D2,17D2,20D,21D,25D. The van der Waals surface area contributed by atoms with Crippen LogP contribution in [-0.2, 0) is 30.5 Å². The van der Waals surface area contributed by atoms with Crippen LogP contribution in [0, 0.1) is 11.8 Å². The van der Waals surface area contributed by atoms with Crippen LogP contribution >= 0.6 is 0 Å². The molecule has 0 radical (unpaired) electrons. The maximum Gasteiger partial charge on any atom is 0.416 e. The predicted octanol–water partition coefficient (Wildman–Crippen LogP) is 7.95. The smallest absolute Gasteiger partial charge is 0.391 e. The van der Waals surface area contributed by atoms with Gasteiger partial charge in [-0.2, -0.15) is 13.2 Å². The van der Waals surface area contributed by atoms with Crippen LogP contribution in [0.4, 0.5) is 13.2 Å². The summed E-state index contributed by atoms with van der Waals surface area (Å²) in [4.78, 5) is 5.88. The van der Waals surface area contributed by atoms with Crippen molar-refractivity contribution in [2.24, 2.45) is 16.9 Å². The quantitative estimate of drug-likeness (QED) is 0.261. The van der Waals surface area contributed by atoms with Gasteiger partial charge in [-0.15, -0.1) is 0 Å². The number of likely N-dealkylation sites (tertiary alicyclic amines) is 1. The summed E-state index contributed by atoms with van der Waals surface area (Å²) in [6.45, 7) is -6.81. The molecule has 0 spiro atoms. The fourth-order valence-electron chi connectivity index (χ4n) is 3.61. The summed E-state index contributed by atoms with van der Waals surface area (Å²) in [5.74, 6) is -9.33. The average Bonchev–Trinajstić information content (AvgIpc) is 3.04. The molecule has 0 bridgehead atoms. The van der Waals surface area contributed by atoms with Gasteiger partial charge in [0.2, 0.25) is 0 Å². The normalized spacial score (nSPS) is 44.2. The number of aryl methyl sites for hydroxylation is 1. The molecule has 0 atom stereocenters. The van der Waals surface area contributed by atoms with Crippen molar-refractivity contribution < 1.29 is 45.4 Å². The van der Waals surface area contributed by atoms with E-state index in [9.17, 15) is 13.2 Å². The van der Waals surface area contributed by atoms with Gasteiger partial charge in [-0.1, -0.05) is 62.9 Å². The minimum absolute atomic E-state index is 0.0333. The van der Waals surface area contributed by atoms with Gasteiger partial charge in [0.25, 0.3) is 0 Å². The summed E-state index contributed by atoms with van der Waals surface area (Å²) in [5.41, 5.74) is -4.23. The molecular weight excluding hydrogens is 461 g/mol. The van der Waals surface area contributed by atoms with Crippen LogP contribution in [0.1, 0.15) is 120 Å². The van der Waals surface area contributed by atoms with Crippen molar-refractivity contribution in [2.75, 3.05) is 13.0 Å². The molecule has 4 rings (SSSR count). The first-order chi connectivity index (χ1) is 24.7. The second kappa shape index (κ2) is 11.4. The Labute approximate surface area is 241 Å². The largest absolute Gasteiger partial charge is 0.416 e. The van der Waals surface area contributed by atoms with Crippen LogP contribution < -0.4 is 0 Å². The zero-order valence-electron chi connectivity index (χ0n) is 39.8. The maximum atomic E-state index is 14.6. The molecule has 0 unspecified atom stereocenters. The van der Waals surface area contributed by atoms with Gasteiger partial charge in [-0.25, -0.2) is 0 Å². The first-order valence-corrected chi connectivity index (χ1v) is 11.0. The van der Waals surface area contributed by atoms with E-state index in [4.69, 9.17) is 32.3 Å². The molecule has 2 aromatic rings. The highest BCUT2D eigenvalue weighted by Crippen LogP contribution is 2.42. The van der Waals surface area contributed by atoms with Gasteiger partial charge in [0.05, 0.1) is 11.3 Å². The Balaban J connectivity index is 1.73. The van der Waals surface area contributed by atoms with E-state index in [1.807, 2.05) is 0 Å². The molecular formula is C30H39F3N2O. The molecule has 0 N–H and O–H groups in total. The Hall–Kier alpha value is -2.34. The van der Waals surface area contributed by atoms with E-state index >= 15 is 0 Å². The molecule has 3 nitrogen and oxygen atoms in total. The maximum absolute atomic E-state index is 14.6. The Morgan fingerprint density at radius 2 is 1.86 bits per heavy atom. The Morgan fingerprint density at radius 1 is 1.11 bits per heavy atom. The molecule has 0 amide bonds. The lowest BCUT2D eigenvalue weighted by molar-refractivity contribution is -0.138. The second-order valence-corrected chi connectivity index (χ2v) is 8.26. The molecule has 1 aliphatic heterocycles. The second-order valence-electron chi connectivity index (χ2n) is 8.26. The number of nitrogens with zero attached hydrogens (tertiary/aromatic N) is 2. The van der Waals surface area contributed by atoms with Crippen LogP contribution in [0.15, 0.2) is 41.6 Å². The number of oxime groups is 1. The first kappa shape index (κ1) is 11.2. The highest BCUT2D eigenvalue weighted by molar-refractivity contribution is 5.98. The Morgan fingerprint density at radius 3 is 2.56 bits per heavy atom. The van der Waals surface area contributed by atoms with Gasteiger partial charge in [0, 0.05) is 47.0 Å². The van der Waals surface area contributed by atoms with Crippen LogP contribution in [0.25, 0.3) is 0 Å². The molecule has 1 saturated carbocycles. The van der Waals surface area contributed by atoms with E-state index in [1.165, 1.54) is 19.1 Å². The molecule has 1 saturated heterocycles. The van der Waals surface area contributed by atoms with Gasteiger partial charge >= 0.3 is 6.18 Å². The van der Waals surface area contributed by atoms with Gasteiger partial charge in [0.1, 0.15) is 6.61 Å².